The minimum atomic E-state index is -0.0966. The molecule has 0 fully saturated rings. The SMILES string of the molecule is CC1=C[C](C)([Mg][Br])CC(C)=C1. The summed E-state index contributed by atoms with van der Waals surface area (Å²) in [7, 11) is 0. The molecule has 0 saturated heterocycles. The van der Waals surface area contributed by atoms with E-state index >= 15 is 0 Å². The highest BCUT2D eigenvalue weighted by molar-refractivity contribution is 9.23. The van der Waals surface area contributed by atoms with E-state index in [4.69, 9.17) is 0 Å². The van der Waals surface area contributed by atoms with Gasteiger partial charge in [-0.05, 0) is 20.3 Å². The van der Waals surface area contributed by atoms with E-state index in [0.717, 1.165) is 0 Å². The molecule has 2 heteroatoms. The molecule has 1 aliphatic rings. The van der Waals surface area contributed by atoms with Crippen LogP contribution in [0.2, 0.25) is 3.54 Å². The van der Waals surface area contributed by atoms with Gasteiger partial charge < -0.3 is 12.9 Å². The Morgan fingerprint density at radius 2 is 2.18 bits per heavy atom. The van der Waals surface area contributed by atoms with Crippen molar-refractivity contribution in [2.75, 3.05) is 0 Å². The summed E-state index contributed by atoms with van der Waals surface area (Å²) in [4.78, 5) is 0. The summed E-state index contributed by atoms with van der Waals surface area (Å²) in [5.74, 6) is 0. The Morgan fingerprint density at radius 1 is 1.55 bits per heavy atom. The van der Waals surface area contributed by atoms with E-state index in [9.17, 15) is 0 Å². The molecule has 11 heavy (non-hydrogen) atoms. The van der Waals surface area contributed by atoms with Crippen molar-refractivity contribution in [1.82, 2.24) is 0 Å². The third kappa shape index (κ3) is 2.60. The molecule has 0 aromatic carbocycles. The maximum atomic E-state index is 3.69. The molecule has 0 nitrogen and oxygen atoms in total. The Balaban J connectivity index is 2.86. The van der Waals surface area contributed by atoms with Crippen LogP contribution >= 0.6 is 12.9 Å². The molecule has 58 valence electrons. The summed E-state index contributed by atoms with van der Waals surface area (Å²) in [6.45, 7) is 6.78. The van der Waals surface area contributed by atoms with Crippen molar-refractivity contribution >= 4 is 31.1 Å². The van der Waals surface area contributed by atoms with Crippen LogP contribution in [-0.4, -0.2) is 18.2 Å². The molecule has 0 radical (unpaired) electrons. The van der Waals surface area contributed by atoms with Crippen LogP contribution in [0.1, 0.15) is 27.2 Å². The van der Waals surface area contributed by atoms with E-state index in [1.807, 2.05) is 0 Å². The highest BCUT2D eigenvalue weighted by Crippen LogP contribution is 2.40. The quantitative estimate of drug-likeness (QED) is 0.599. The van der Waals surface area contributed by atoms with Gasteiger partial charge in [0.1, 0.15) is 0 Å². The third-order valence-electron chi connectivity index (χ3n) is 2.04. The largest absolute Gasteiger partial charge is 0.479 e. The van der Waals surface area contributed by atoms with Gasteiger partial charge in [0.25, 0.3) is 0 Å². The molecule has 0 heterocycles. The normalized spacial score (nSPS) is 30.5. The topological polar surface area (TPSA) is 0 Å². The molecule has 0 aromatic rings. The fourth-order valence-corrected chi connectivity index (χ4v) is 3.77. The summed E-state index contributed by atoms with van der Waals surface area (Å²) >= 11 is 3.59. The second-order valence-corrected chi connectivity index (χ2v) is 7.41. The van der Waals surface area contributed by atoms with E-state index in [2.05, 4.69) is 45.8 Å². The Morgan fingerprint density at radius 3 is 2.64 bits per heavy atom. The number of halogens is 1. The summed E-state index contributed by atoms with van der Waals surface area (Å²) in [6.07, 6.45) is 5.96. The maximum Gasteiger partial charge on any atom is 0.479 e. The van der Waals surface area contributed by atoms with Gasteiger partial charge in [-0.3, -0.25) is 0 Å². The Hall–Kier alpha value is 0.726. The smallest absolute Gasteiger partial charge is 0.306 e. The highest BCUT2D eigenvalue weighted by Gasteiger charge is 2.25. The fraction of sp³-hybridized carbons (Fsp3) is 0.556. The van der Waals surface area contributed by atoms with Gasteiger partial charge in [0.15, 0.2) is 0 Å². The average molecular weight is 225 g/mol. The van der Waals surface area contributed by atoms with Gasteiger partial charge in [-0.1, -0.05) is 33.8 Å². The Bertz CT molecular complexity index is 218. The van der Waals surface area contributed by atoms with Gasteiger partial charge in [-0.2, -0.15) is 0 Å². The fourth-order valence-electron chi connectivity index (χ4n) is 1.80. The van der Waals surface area contributed by atoms with Crippen molar-refractivity contribution in [2.45, 2.75) is 30.7 Å². The minimum absolute atomic E-state index is 0.0966. The van der Waals surface area contributed by atoms with E-state index < -0.39 is 0 Å². The van der Waals surface area contributed by atoms with Crippen molar-refractivity contribution in [2.24, 2.45) is 0 Å². The first-order valence-electron chi connectivity index (χ1n) is 3.98. The zero-order chi connectivity index (χ0) is 8.48. The van der Waals surface area contributed by atoms with E-state index in [-0.39, 0.29) is 18.2 Å². The van der Waals surface area contributed by atoms with E-state index in [1.54, 1.807) is 0 Å². The molecule has 0 N–H and O–H groups in total. The van der Waals surface area contributed by atoms with Gasteiger partial charge in [-0.15, -0.1) is 0 Å². The molecule has 1 rings (SSSR count). The number of hydrogen-bond acceptors (Lipinski definition) is 0. The lowest BCUT2D eigenvalue weighted by molar-refractivity contribution is 0.724. The molecule has 0 aliphatic heterocycles. The standard InChI is InChI=1S/C9H13.BrH.Mg/c1-7-4-8(2)6-9(3)5-7;;/h4-5H,6H2,1-3H3;1H;/q;;+1/p-1. The Labute approximate surface area is 84.7 Å². The number of allylic oxidation sites excluding steroid dienone is 4. The minimum Gasteiger partial charge on any atom is -0.306 e. The van der Waals surface area contributed by atoms with Gasteiger partial charge in [0.2, 0.25) is 0 Å². The molecular formula is C9H13BrMg. The third-order valence-corrected chi connectivity index (χ3v) is 6.95. The van der Waals surface area contributed by atoms with Crippen LogP contribution in [-0.2, 0) is 0 Å². The van der Waals surface area contributed by atoms with Crippen LogP contribution in [0.25, 0.3) is 0 Å². The molecule has 0 bridgehead atoms. The monoisotopic (exact) mass is 224 g/mol. The van der Waals surface area contributed by atoms with Crippen molar-refractivity contribution in [3.8, 4) is 0 Å². The molecule has 0 aromatic heterocycles. The highest BCUT2D eigenvalue weighted by atomic mass is 79.9. The number of hydrogen-bond donors (Lipinski definition) is 0. The van der Waals surface area contributed by atoms with Gasteiger partial charge >= 0.3 is 18.2 Å². The summed E-state index contributed by atoms with van der Waals surface area (Å²) in [6, 6.07) is 0. The predicted molar refractivity (Wildman–Crippen MR) is 55.2 cm³/mol. The first-order valence-corrected chi connectivity index (χ1v) is 8.59. The van der Waals surface area contributed by atoms with Crippen molar-refractivity contribution in [3.63, 3.8) is 0 Å². The molecule has 1 aliphatic carbocycles. The zero-order valence-electron chi connectivity index (χ0n) is 7.45. The van der Waals surface area contributed by atoms with Crippen LogP contribution in [0.15, 0.2) is 23.3 Å². The molecule has 0 amide bonds. The van der Waals surface area contributed by atoms with Gasteiger partial charge in [0, 0.05) is 0 Å². The average Bonchev–Trinajstić information content (AvgIpc) is 1.84. The van der Waals surface area contributed by atoms with Crippen LogP contribution in [0, 0.1) is 0 Å². The van der Waals surface area contributed by atoms with Gasteiger partial charge in [-0.25, -0.2) is 0 Å². The molecule has 0 spiro atoms. The summed E-state index contributed by atoms with van der Waals surface area (Å²) in [5, 5.41) is 0. The summed E-state index contributed by atoms with van der Waals surface area (Å²) < 4.78 is 0.489. The van der Waals surface area contributed by atoms with Crippen molar-refractivity contribution in [1.29, 1.82) is 0 Å². The Kier molecular flexibility index (Phi) is 3.24. The first kappa shape index (κ1) is 9.81. The second kappa shape index (κ2) is 3.63. The lowest BCUT2D eigenvalue weighted by atomic mass is 9.92. The predicted octanol–water partition coefficient (Wildman–Crippen LogP) is 3.48. The number of rotatable bonds is 1. The summed E-state index contributed by atoms with van der Waals surface area (Å²) in [5.41, 5.74) is 2.96. The molecule has 0 saturated carbocycles. The molecular weight excluding hydrogens is 212 g/mol. The lowest BCUT2D eigenvalue weighted by Gasteiger charge is -2.28. The van der Waals surface area contributed by atoms with Crippen LogP contribution in [0.4, 0.5) is 0 Å². The molecule has 1 atom stereocenters. The second-order valence-electron chi connectivity index (χ2n) is 3.84. The maximum absolute atomic E-state index is 3.69. The van der Waals surface area contributed by atoms with Crippen molar-refractivity contribution < 1.29 is 0 Å². The van der Waals surface area contributed by atoms with Crippen molar-refractivity contribution in [3.05, 3.63) is 23.3 Å². The van der Waals surface area contributed by atoms with Gasteiger partial charge in [0.05, 0.1) is 0 Å². The molecule has 1 unspecified atom stereocenters. The van der Waals surface area contributed by atoms with Crippen LogP contribution in [0.3, 0.4) is 0 Å². The zero-order valence-corrected chi connectivity index (χ0v) is 10.4. The van der Waals surface area contributed by atoms with Crippen LogP contribution in [0.5, 0.6) is 0 Å². The van der Waals surface area contributed by atoms with E-state index in [1.165, 1.54) is 17.6 Å². The van der Waals surface area contributed by atoms with Crippen LogP contribution < -0.4 is 0 Å². The lowest BCUT2D eigenvalue weighted by Crippen LogP contribution is -2.13. The first-order chi connectivity index (χ1) is 5.06. The van der Waals surface area contributed by atoms with E-state index in [0.29, 0.717) is 3.54 Å².